The summed E-state index contributed by atoms with van der Waals surface area (Å²) in [5.41, 5.74) is 0.464. The van der Waals surface area contributed by atoms with Crippen LogP contribution < -0.4 is 4.90 Å². The Hall–Kier alpha value is -2.83. The Bertz CT molecular complexity index is 1070. The summed E-state index contributed by atoms with van der Waals surface area (Å²) in [5.74, 6) is -8.00. The van der Waals surface area contributed by atoms with Crippen molar-refractivity contribution in [1.29, 1.82) is 0 Å². The molecule has 0 spiro atoms. The molecule has 3 nitrogen and oxygen atoms in total. The Morgan fingerprint density at radius 1 is 1.08 bits per heavy atom. The van der Waals surface area contributed by atoms with E-state index in [0.717, 1.165) is 5.56 Å². The van der Waals surface area contributed by atoms with Crippen molar-refractivity contribution < 1.29 is 26.8 Å². The van der Waals surface area contributed by atoms with Gasteiger partial charge in [0, 0.05) is 11.7 Å². The van der Waals surface area contributed by atoms with Gasteiger partial charge in [0.25, 0.3) is 5.91 Å². The normalized spacial score (nSPS) is 16.4. The summed E-state index contributed by atoms with van der Waals surface area (Å²) in [6, 6.07) is 6.97. The fourth-order valence-corrected chi connectivity index (χ4v) is 3.56. The van der Waals surface area contributed by atoms with Crippen LogP contribution in [0.15, 0.2) is 28.7 Å². The lowest BCUT2D eigenvalue weighted by Gasteiger charge is -2.22. The highest BCUT2D eigenvalue weighted by Gasteiger charge is 2.36. The van der Waals surface area contributed by atoms with Gasteiger partial charge < -0.3 is 9.32 Å². The second kappa shape index (κ2) is 5.59. The Balaban J connectivity index is 1.96. The van der Waals surface area contributed by atoms with Crippen molar-refractivity contribution in [2.24, 2.45) is 0 Å². The Kier molecular flexibility index (Phi) is 3.57. The maximum Gasteiger partial charge on any atom is 0.262 e. The van der Waals surface area contributed by atoms with Crippen LogP contribution in [-0.2, 0) is 6.42 Å². The summed E-state index contributed by atoms with van der Waals surface area (Å²) in [7, 11) is 0. The van der Waals surface area contributed by atoms with Crippen LogP contribution >= 0.6 is 0 Å². The van der Waals surface area contributed by atoms with E-state index in [-0.39, 0.29) is 17.4 Å². The second-order valence-corrected chi connectivity index (χ2v) is 6.35. The quantitative estimate of drug-likeness (QED) is 0.350. The van der Waals surface area contributed by atoms with Crippen molar-refractivity contribution in [1.82, 2.24) is 0 Å². The van der Waals surface area contributed by atoms with Crippen LogP contribution in [0.3, 0.4) is 0 Å². The van der Waals surface area contributed by atoms with Crippen molar-refractivity contribution in [2.75, 3.05) is 4.90 Å². The first-order valence-corrected chi connectivity index (χ1v) is 7.99. The number of anilines is 1. The number of nitrogens with zero attached hydrogens (tertiary/aromatic N) is 1. The molecule has 3 aromatic rings. The zero-order valence-corrected chi connectivity index (χ0v) is 13.9. The Labute approximate surface area is 145 Å². The van der Waals surface area contributed by atoms with Crippen LogP contribution in [0.1, 0.15) is 28.6 Å². The number of para-hydroxylation sites is 1. The minimum Gasteiger partial charge on any atom is -0.457 e. The zero-order valence-electron chi connectivity index (χ0n) is 13.9. The van der Waals surface area contributed by atoms with Gasteiger partial charge in [-0.15, -0.1) is 0 Å². The van der Waals surface area contributed by atoms with Gasteiger partial charge in [0.15, 0.2) is 17.2 Å². The van der Waals surface area contributed by atoms with E-state index in [0.29, 0.717) is 12.1 Å². The molecule has 4 rings (SSSR count). The van der Waals surface area contributed by atoms with Crippen LogP contribution in [-0.4, -0.2) is 11.9 Å². The number of hydrogen-bond acceptors (Lipinski definition) is 2. The molecule has 0 saturated carbocycles. The van der Waals surface area contributed by atoms with Gasteiger partial charge in [-0.1, -0.05) is 18.2 Å². The molecule has 2 heterocycles. The third-order valence-electron chi connectivity index (χ3n) is 4.72. The standard InChI is InChI=1S/C19H13F4NO2/c1-8-7-10-5-3-4-6-11(10)24(8)19(25)12-9(2)26-18-13(12)14(20)15(21)16(22)17(18)23/h3-6,8H,7H2,1-2H3/t8-/m0/s1. The predicted octanol–water partition coefficient (Wildman–Crippen LogP) is 4.89. The van der Waals surface area contributed by atoms with Gasteiger partial charge in [0.1, 0.15) is 5.76 Å². The lowest BCUT2D eigenvalue weighted by molar-refractivity contribution is 0.0981. The van der Waals surface area contributed by atoms with Gasteiger partial charge in [-0.25, -0.2) is 13.2 Å². The summed E-state index contributed by atoms with van der Waals surface area (Å²) in [4.78, 5) is 14.6. The summed E-state index contributed by atoms with van der Waals surface area (Å²) in [6.45, 7) is 3.14. The molecule has 134 valence electrons. The SMILES string of the molecule is Cc1oc2c(F)c(F)c(F)c(F)c2c1C(=O)N1c2ccccc2C[C@@H]1C. The average Bonchev–Trinajstić information content (AvgIpc) is 3.14. The van der Waals surface area contributed by atoms with Crippen LogP contribution in [0.4, 0.5) is 23.2 Å². The highest BCUT2D eigenvalue weighted by atomic mass is 19.2. The maximum atomic E-state index is 14.3. The number of hydrogen-bond donors (Lipinski definition) is 0. The second-order valence-electron chi connectivity index (χ2n) is 6.35. The van der Waals surface area contributed by atoms with Gasteiger partial charge in [-0.3, -0.25) is 4.79 Å². The van der Waals surface area contributed by atoms with Crippen molar-refractivity contribution in [3.63, 3.8) is 0 Å². The van der Waals surface area contributed by atoms with E-state index in [1.54, 1.807) is 12.1 Å². The number of halogens is 4. The molecule has 1 aliphatic rings. The molecule has 0 aliphatic carbocycles. The topological polar surface area (TPSA) is 33.5 Å². The van der Waals surface area contributed by atoms with Gasteiger partial charge >= 0.3 is 0 Å². The highest BCUT2D eigenvalue weighted by molar-refractivity contribution is 6.15. The Morgan fingerprint density at radius 3 is 2.46 bits per heavy atom. The molecule has 0 fully saturated rings. The van der Waals surface area contributed by atoms with Crippen molar-refractivity contribution in [3.8, 4) is 0 Å². The molecule has 0 N–H and O–H groups in total. The van der Waals surface area contributed by atoms with Crippen LogP contribution in [0, 0.1) is 30.2 Å². The maximum absolute atomic E-state index is 14.3. The molecular weight excluding hydrogens is 350 g/mol. The number of rotatable bonds is 1. The molecule has 0 saturated heterocycles. The zero-order chi connectivity index (χ0) is 18.7. The van der Waals surface area contributed by atoms with Crippen LogP contribution in [0.5, 0.6) is 0 Å². The third kappa shape index (κ3) is 2.09. The lowest BCUT2D eigenvalue weighted by atomic mass is 10.1. The highest BCUT2D eigenvalue weighted by Crippen LogP contribution is 2.38. The summed E-state index contributed by atoms with van der Waals surface area (Å²) in [6.07, 6.45) is 0.594. The number of carbonyl (C=O) groups is 1. The molecule has 26 heavy (non-hydrogen) atoms. The van der Waals surface area contributed by atoms with Gasteiger partial charge in [-0.05, 0) is 31.9 Å². The van der Waals surface area contributed by atoms with E-state index in [2.05, 4.69) is 0 Å². The van der Waals surface area contributed by atoms with E-state index >= 15 is 0 Å². The predicted molar refractivity (Wildman–Crippen MR) is 87.2 cm³/mol. The van der Waals surface area contributed by atoms with Crippen LogP contribution in [0.2, 0.25) is 0 Å². The number of amides is 1. The molecule has 2 aromatic carbocycles. The van der Waals surface area contributed by atoms with Crippen molar-refractivity contribution >= 4 is 22.6 Å². The number of carbonyl (C=O) groups excluding carboxylic acids is 1. The molecule has 1 amide bonds. The average molecular weight is 363 g/mol. The van der Waals surface area contributed by atoms with E-state index in [1.165, 1.54) is 11.8 Å². The number of fused-ring (bicyclic) bond motifs is 2. The number of benzene rings is 2. The van der Waals surface area contributed by atoms with E-state index in [9.17, 15) is 22.4 Å². The van der Waals surface area contributed by atoms with Crippen molar-refractivity contribution in [3.05, 3.63) is 64.4 Å². The fourth-order valence-electron chi connectivity index (χ4n) is 3.56. The minimum atomic E-state index is -1.97. The van der Waals surface area contributed by atoms with Crippen LogP contribution in [0.25, 0.3) is 11.0 Å². The first kappa shape index (κ1) is 16.6. The van der Waals surface area contributed by atoms with Gasteiger partial charge in [0.05, 0.1) is 10.9 Å². The summed E-state index contributed by atoms with van der Waals surface area (Å²) < 4.78 is 60.6. The molecule has 0 radical (unpaired) electrons. The third-order valence-corrected chi connectivity index (χ3v) is 4.72. The molecule has 1 aromatic heterocycles. The fraction of sp³-hybridized carbons (Fsp3) is 0.211. The molecule has 0 unspecified atom stereocenters. The van der Waals surface area contributed by atoms with Crippen molar-refractivity contribution in [2.45, 2.75) is 26.3 Å². The summed E-state index contributed by atoms with van der Waals surface area (Å²) >= 11 is 0. The molecule has 1 aliphatic heterocycles. The molecule has 1 atom stereocenters. The van der Waals surface area contributed by atoms with E-state index in [1.807, 2.05) is 19.1 Å². The minimum absolute atomic E-state index is 0.107. The number of aryl methyl sites for hydroxylation is 1. The first-order valence-electron chi connectivity index (χ1n) is 7.99. The van der Waals surface area contributed by atoms with E-state index in [4.69, 9.17) is 4.42 Å². The van der Waals surface area contributed by atoms with E-state index < -0.39 is 40.1 Å². The van der Waals surface area contributed by atoms with Gasteiger partial charge in [0.2, 0.25) is 11.6 Å². The largest absolute Gasteiger partial charge is 0.457 e. The lowest BCUT2D eigenvalue weighted by Crippen LogP contribution is -2.36. The monoisotopic (exact) mass is 363 g/mol. The van der Waals surface area contributed by atoms with Gasteiger partial charge in [-0.2, -0.15) is 4.39 Å². The smallest absolute Gasteiger partial charge is 0.262 e. The molecule has 0 bridgehead atoms. The molecule has 7 heteroatoms. The Morgan fingerprint density at radius 2 is 1.73 bits per heavy atom. The number of furan rings is 1. The molecular formula is C19H13F4NO2. The first-order chi connectivity index (χ1) is 12.3. The summed E-state index contributed by atoms with van der Waals surface area (Å²) in [5, 5.41) is -0.680.